The topological polar surface area (TPSA) is 35.0 Å². The average Bonchev–Trinajstić information content (AvgIpc) is 2.71. The van der Waals surface area contributed by atoms with Gasteiger partial charge in [-0.25, -0.2) is 9.97 Å². The zero-order valence-corrected chi connectivity index (χ0v) is 11.0. The molecule has 0 aliphatic rings. The SMILES string of the molecule is CCc1cc2c(Cl)nc(C(C)OC)nc2s1. The number of fused-ring (bicyclic) bond motifs is 1. The van der Waals surface area contributed by atoms with Gasteiger partial charge in [0.05, 0.1) is 0 Å². The standard InChI is InChI=1S/C11H13ClN2OS/c1-4-7-5-8-9(12)13-10(6(2)15-3)14-11(8)16-7/h5-6H,4H2,1-3H3. The molecule has 1 atom stereocenters. The summed E-state index contributed by atoms with van der Waals surface area (Å²) in [5, 5.41) is 1.45. The van der Waals surface area contributed by atoms with Gasteiger partial charge < -0.3 is 4.74 Å². The Kier molecular flexibility index (Phi) is 3.42. The number of rotatable bonds is 3. The number of thiophene rings is 1. The maximum absolute atomic E-state index is 6.13. The number of hydrogen-bond acceptors (Lipinski definition) is 4. The van der Waals surface area contributed by atoms with Crippen molar-refractivity contribution in [3.8, 4) is 0 Å². The maximum atomic E-state index is 6.13. The van der Waals surface area contributed by atoms with E-state index in [1.54, 1.807) is 18.4 Å². The van der Waals surface area contributed by atoms with Crippen LogP contribution in [0, 0.1) is 0 Å². The van der Waals surface area contributed by atoms with Crippen LogP contribution in [0.25, 0.3) is 10.2 Å². The lowest BCUT2D eigenvalue weighted by Crippen LogP contribution is -2.02. The number of nitrogens with zero attached hydrogens (tertiary/aromatic N) is 2. The average molecular weight is 257 g/mol. The summed E-state index contributed by atoms with van der Waals surface area (Å²) in [5.74, 6) is 0.643. The van der Waals surface area contributed by atoms with Gasteiger partial charge in [-0.1, -0.05) is 18.5 Å². The van der Waals surface area contributed by atoms with Crippen LogP contribution in [-0.2, 0) is 11.2 Å². The molecule has 2 aromatic heterocycles. The Hall–Kier alpha value is -0.710. The van der Waals surface area contributed by atoms with Crippen molar-refractivity contribution in [2.24, 2.45) is 0 Å². The molecule has 2 rings (SSSR count). The molecule has 2 aromatic rings. The summed E-state index contributed by atoms with van der Waals surface area (Å²) in [6, 6.07) is 2.06. The van der Waals surface area contributed by atoms with Crippen LogP contribution in [0.15, 0.2) is 6.07 Å². The second-order valence-corrected chi connectivity index (χ2v) is 5.01. The maximum Gasteiger partial charge on any atom is 0.160 e. The Balaban J connectivity index is 2.57. The van der Waals surface area contributed by atoms with E-state index in [0.29, 0.717) is 11.0 Å². The Morgan fingerprint density at radius 2 is 2.25 bits per heavy atom. The van der Waals surface area contributed by atoms with Crippen molar-refractivity contribution in [3.63, 3.8) is 0 Å². The molecule has 0 saturated heterocycles. The molecule has 0 aliphatic carbocycles. The van der Waals surface area contributed by atoms with Crippen LogP contribution < -0.4 is 0 Å². The predicted molar refractivity (Wildman–Crippen MR) is 67.2 cm³/mol. The van der Waals surface area contributed by atoms with E-state index in [-0.39, 0.29) is 6.10 Å². The second-order valence-electron chi connectivity index (χ2n) is 3.54. The third kappa shape index (κ3) is 2.05. The number of halogens is 1. The Bertz CT molecular complexity index is 512. The summed E-state index contributed by atoms with van der Waals surface area (Å²) < 4.78 is 5.19. The molecule has 2 heterocycles. The second kappa shape index (κ2) is 4.65. The van der Waals surface area contributed by atoms with Crippen LogP contribution in [0.5, 0.6) is 0 Å². The van der Waals surface area contributed by atoms with Crippen molar-refractivity contribution in [1.82, 2.24) is 9.97 Å². The largest absolute Gasteiger partial charge is 0.374 e. The van der Waals surface area contributed by atoms with Crippen LogP contribution in [0.1, 0.15) is 30.7 Å². The summed E-state index contributed by atoms with van der Waals surface area (Å²) in [7, 11) is 1.64. The predicted octanol–water partition coefficient (Wildman–Crippen LogP) is 3.61. The number of ether oxygens (including phenoxy) is 1. The first-order valence-electron chi connectivity index (χ1n) is 5.14. The molecule has 0 N–H and O–H groups in total. The minimum absolute atomic E-state index is 0.130. The lowest BCUT2D eigenvalue weighted by atomic mass is 10.3. The van der Waals surface area contributed by atoms with Gasteiger partial charge in [0.1, 0.15) is 16.1 Å². The van der Waals surface area contributed by atoms with Gasteiger partial charge >= 0.3 is 0 Å². The van der Waals surface area contributed by atoms with Gasteiger partial charge in [-0.2, -0.15) is 0 Å². The van der Waals surface area contributed by atoms with Gasteiger partial charge in [-0.05, 0) is 19.4 Å². The van der Waals surface area contributed by atoms with Crippen LogP contribution >= 0.6 is 22.9 Å². The van der Waals surface area contributed by atoms with Crippen LogP contribution in [0.3, 0.4) is 0 Å². The Morgan fingerprint density at radius 1 is 1.50 bits per heavy atom. The summed E-state index contributed by atoms with van der Waals surface area (Å²) in [6.45, 7) is 4.02. The van der Waals surface area contributed by atoms with E-state index in [0.717, 1.165) is 16.6 Å². The van der Waals surface area contributed by atoms with Crippen LogP contribution in [0.2, 0.25) is 5.15 Å². The van der Waals surface area contributed by atoms with E-state index in [4.69, 9.17) is 16.3 Å². The van der Waals surface area contributed by atoms with E-state index in [1.807, 2.05) is 6.92 Å². The van der Waals surface area contributed by atoms with Crippen LogP contribution in [0.4, 0.5) is 0 Å². The minimum Gasteiger partial charge on any atom is -0.374 e. The van der Waals surface area contributed by atoms with E-state index in [1.165, 1.54) is 4.88 Å². The summed E-state index contributed by atoms with van der Waals surface area (Å²) in [4.78, 5) is 10.9. The Morgan fingerprint density at radius 3 is 2.88 bits per heavy atom. The van der Waals surface area contributed by atoms with Crippen molar-refractivity contribution in [2.75, 3.05) is 7.11 Å². The molecule has 0 aromatic carbocycles. The number of methoxy groups -OCH3 is 1. The van der Waals surface area contributed by atoms with Gasteiger partial charge in [0.15, 0.2) is 5.82 Å². The quantitative estimate of drug-likeness (QED) is 0.787. The molecule has 0 saturated carbocycles. The molecule has 0 aliphatic heterocycles. The van der Waals surface area contributed by atoms with Gasteiger partial charge in [0.2, 0.25) is 0 Å². The normalized spacial score (nSPS) is 13.2. The van der Waals surface area contributed by atoms with Crippen molar-refractivity contribution in [1.29, 1.82) is 0 Å². The fraction of sp³-hybridized carbons (Fsp3) is 0.455. The third-order valence-corrected chi connectivity index (χ3v) is 3.94. The molecule has 0 radical (unpaired) electrons. The van der Waals surface area contributed by atoms with E-state index < -0.39 is 0 Å². The monoisotopic (exact) mass is 256 g/mol. The fourth-order valence-corrected chi connectivity index (χ4v) is 2.67. The van der Waals surface area contributed by atoms with Gasteiger partial charge in [0.25, 0.3) is 0 Å². The summed E-state index contributed by atoms with van der Waals surface area (Å²) in [6.07, 6.45) is 0.862. The first kappa shape index (κ1) is 11.8. The van der Waals surface area contributed by atoms with Gasteiger partial charge in [0, 0.05) is 17.4 Å². The van der Waals surface area contributed by atoms with Crippen LogP contribution in [-0.4, -0.2) is 17.1 Å². The van der Waals surface area contributed by atoms with E-state index >= 15 is 0 Å². The lowest BCUT2D eigenvalue weighted by molar-refractivity contribution is 0.112. The van der Waals surface area contributed by atoms with Crippen molar-refractivity contribution >= 4 is 33.2 Å². The lowest BCUT2D eigenvalue weighted by Gasteiger charge is -2.07. The summed E-state index contributed by atoms with van der Waals surface area (Å²) >= 11 is 7.80. The first-order valence-corrected chi connectivity index (χ1v) is 6.33. The molecular weight excluding hydrogens is 244 g/mol. The Labute approximate surface area is 103 Å². The summed E-state index contributed by atoms with van der Waals surface area (Å²) in [5.41, 5.74) is 0. The van der Waals surface area contributed by atoms with Crippen molar-refractivity contribution < 1.29 is 4.74 Å². The van der Waals surface area contributed by atoms with E-state index in [9.17, 15) is 0 Å². The highest BCUT2D eigenvalue weighted by Crippen LogP contribution is 2.30. The third-order valence-electron chi connectivity index (χ3n) is 2.48. The molecular formula is C11H13ClN2OS. The van der Waals surface area contributed by atoms with E-state index in [2.05, 4.69) is 23.0 Å². The van der Waals surface area contributed by atoms with Crippen molar-refractivity contribution in [3.05, 3.63) is 21.9 Å². The van der Waals surface area contributed by atoms with Gasteiger partial charge in [-0.3, -0.25) is 0 Å². The fourth-order valence-electron chi connectivity index (χ4n) is 1.41. The first-order chi connectivity index (χ1) is 7.65. The zero-order chi connectivity index (χ0) is 11.7. The number of aryl methyl sites for hydroxylation is 1. The van der Waals surface area contributed by atoms with Crippen molar-refractivity contribution in [2.45, 2.75) is 26.4 Å². The van der Waals surface area contributed by atoms with Gasteiger partial charge in [-0.15, -0.1) is 11.3 Å². The molecule has 3 nitrogen and oxygen atoms in total. The number of hydrogen-bond donors (Lipinski definition) is 0. The molecule has 0 fully saturated rings. The molecule has 16 heavy (non-hydrogen) atoms. The zero-order valence-electron chi connectivity index (χ0n) is 9.45. The highest BCUT2D eigenvalue weighted by Gasteiger charge is 2.13. The molecule has 0 bridgehead atoms. The number of aromatic nitrogens is 2. The smallest absolute Gasteiger partial charge is 0.160 e. The molecule has 86 valence electrons. The molecule has 1 unspecified atom stereocenters. The molecule has 0 amide bonds. The molecule has 5 heteroatoms. The highest BCUT2D eigenvalue weighted by molar-refractivity contribution is 7.18. The minimum atomic E-state index is -0.130. The molecule has 0 spiro atoms. The highest BCUT2D eigenvalue weighted by atomic mass is 35.5.